The van der Waals surface area contributed by atoms with E-state index in [1.807, 2.05) is 13.8 Å². The summed E-state index contributed by atoms with van der Waals surface area (Å²) in [6.07, 6.45) is 1.05. The van der Waals surface area contributed by atoms with Crippen molar-refractivity contribution in [2.24, 2.45) is 5.92 Å². The van der Waals surface area contributed by atoms with Crippen LogP contribution in [0.5, 0.6) is 0 Å². The van der Waals surface area contributed by atoms with Gasteiger partial charge < -0.3 is 15.5 Å². The van der Waals surface area contributed by atoms with Gasteiger partial charge in [-0.1, -0.05) is 31.5 Å². The van der Waals surface area contributed by atoms with Gasteiger partial charge in [0, 0.05) is 23.2 Å². The highest BCUT2D eigenvalue weighted by molar-refractivity contribution is 6.30. The largest absolute Gasteiger partial charge is 0.347 e. The van der Waals surface area contributed by atoms with Gasteiger partial charge in [0.15, 0.2) is 0 Å². The number of carbonyl (C=O) groups is 3. The van der Waals surface area contributed by atoms with Gasteiger partial charge in [-0.2, -0.15) is 0 Å². The summed E-state index contributed by atoms with van der Waals surface area (Å²) in [6.45, 7) is 4.39. The summed E-state index contributed by atoms with van der Waals surface area (Å²) < 4.78 is 0. The first-order chi connectivity index (χ1) is 11.8. The maximum absolute atomic E-state index is 12.6. The summed E-state index contributed by atoms with van der Waals surface area (Å²) in [5, 5.41) is 6.21. The molecule has 2 heterocycles. The highest BCUT2D eigenvalue weighted by atomic mass is 35.5. The van der Waals surface area contributed by atoms with Gasteiger partial charge >= 0.3 is 0 Å². The Kier molecular flexibility index (Phi) is 4.99. The minimum Gasteiger partial charge on any atom is -0.347 e. The van der Waals surface area contributed by atoms with Crippen LogP contribution in [0.3, 0.4) is 0 Å². The van der Waals surface area contributed by atoms with E-state index in [2.05, 4.69) is 10.6 Å². The topological polar surface area (TPSA) is 78.5 Å². The van der Waals surface area contributed by atoms with Crippen LogP contribution in [0.2, 0.25) is 5.02 Å². The van der Waals surface area contributed by atoms with E-state index >= 15 is 0 Å². The van der Waals surface area contributed by atoms with Crippen LogP contribution in [-0.4, -0.2) is 47.3 Å². The first kappa shape index (κ1) is 17.7. The van der Waals surface area contributed by atoms with Gasteiger partial charge in [0.05, 0.1) is 0 Å². The molecule has 2 aliphatic heterocycles. The van der Waals surface area contributed by atoms with Crippen molar-refractivity contribution < 1.29 is 14.4 Å². The van der Waals surface area contributed by atoms with E-state index in [0.29, 0.717) is 35.9 Å². The van der Waals surface area contributed by atoms with Crippen molar-refractivity contribution >= 4 is 29.3 Å². The number of nitrogens with one attached hydrogen (secondary N) is 2. The van der Waals surface area contributed by atoms with Crippen LogP contribution in [0.4, 0.5) is 0 Å². The van der Waals surface area contributed by atoms with Gasteiger partial charge in [-0.3, -0.25) is 14.4 Å². The van der Waals surface area contributed by atoms with Crippen LogP contribution in [-0.2, 0) is 9.59 Å². The summed E-state index contributed by atoms with van der Waals surface area (Å²) in [7, 11) is 0. The first-order valence-electron chi connectivity index (χ1n) is 8.52. The first-order valence-corrected chi connectivity index (χ1v) is 8.90. The lowest BCUT2D eigenvalue weighted by Gasteiger charge is -2.35. The molecular weight excluding hydrogens is 342 g/mol. The molecular formula is C18H22ClN3O3. The zero-order valence-corrected chi connectivity index (χ0v) is 15.0. The van der Waals surface area contributed by atoms with Crippen LogP contribution in [0.25, 0.3) is 0 Å². The fourth-order valence-corrected chi connectivity index (χ4v) is 3.68. The molecule has 134 valence electrons. The maximum atomic E-state index is 12.6. The Labute approximate surface area is 151 Å². The Bertz CT molecular complexity index is 707. The number of piperazine rings is 1. The smallest absolute Gasteiger partial charge is 0.251 e. The van der Waals surface area contributed by atoms with Gasteiger partial charge in [0.2, 0.25) is 11.8 Å². The Hall–Kier alpha value is -2.08. The summed E-state index contributed by atoms with van der Waals surface area (Å²) in [6, 6.07) is 5.47. The molecule has 0 spiro atoms. The molecule has 2 N–H and O–H groups in total. The molecule has 0 bridgehead atoms. The van der Waals surface area contributed by atoms with Crippen LogP contribution >= 0.6 is 11.6 Å². The van der Waals surface area contributed by atoms with Gasteiger partial charge in [-0.25, -0.2) is 0 Å². The molecule has 0 aromatic heterocycles. The molecule has 2 fully saturated rings. The lowest BCUT2D eigenvalue weighted by atomic mass is 9.99. The van der Waals surface area contributed by atoms with Crippen LogP contribution in [0, 0.1) is 5.92 Å². The summed E-state index contributed by atoms with van der Waals surface area (Å²) in [5.74, 6) is -0.131. The van der Waals surface area contributed by atoms with E-state index in [1.165, 1.54) is 0 Å². The molecule has 1 aromatic carbocycles. The zero-order chi connectivity index (χ0) is 18.1. The second-order valence-corrected chi connectivity index (χ2v) is 7.55. The molecule has 2 aliphatic rings. The lowest BCUT2D eigenvalue weighted by Crippen LogP contribution is -2.61. The Morgan fingerprint density at radius 1 is 1.40 bits per heavy atom. The number of fused-ring (bicyclic) bond motifs is 1. The van der Waals surface area contributed by atoms with Crippen molar-refractivity contribution in [1.82, 2.24) is 15.5 Å². The zero-order valence-electron chi connectivity index (χ0n) is 14.3. The van der Waals surface area contributed by atoms with Gasteiger partial charge in [0.25, 0.3) is 5.91 Å². The van der Waals surface area contributed by atoms with Crippen LogP contribution in [0.15, 0.2) is 24.3 Å². The van der Waals surface area contributed by atoms with E-state index in [0.717, 1.165) is 0 Å². The second kappa shape index (κ2) is 7.04. The number of hydrogen-bond donors (Lipinski definition) is 2. The predicted molar refractivity (Wildman–Crippen MR) is 94.2 cm³/mol. The number of hydrogen-bond acceptors (Lipinski definition) is 3. The number of benzene rings is 1. The van der Waals surface area contributed by atoms with Crippen molar-refractivity contribution in [3.63, 3.8) is 0 Å². The standard InChI is InChI=1S/C18H22ClN3O3/c1-10(2)6-14-18(25)22-9-13(8-15(22)17(24)21-14)20-16(23)11-4-3-5-12(19)7-11/h3-5,7,10,13-15H,6,8-9H2,1-2H3,(H,20,23)(H,21,24)/t13-,14+,15-/m0/s1. The molecule has 2 saturated heterocycles. The van der Waals surface area contributed by atoms with E-state index < -0.39 is 12.1 Å². The van der Waals surface area contributed by atoms with Gasteiger partial charge in [-0.05, 0) is 37.0 Å². The number of carbonyl (C=O) groups excluding carboxylic acids is 3. The van der Waals surface area contributed by atoms with Crippen molar-refractivity contribution in [2.75, 3.05) is 6.54 Å². The van der Waals surface area contributed by atoms with Crippen molar-refractivity contribution in [3.05, 3.63) is 34.9 Å². The monoisotopic (exact) mass is 363 g/mol. The fourth-order valence-electron chi connectivity index (χ4n) is 3.49. The summed E-state index contributed by atoms with van der Waals surface area (Å²) in [5.41, 5.74) is 0.464. The molecule has 1 aromatic rings. The minimum atomic E-state index is -0.499. The minimum absolute atomic E-state index is 0.0576. The molecule has 0 aliphatic carbocycles. The van der Waals surface area contributed by atoms with Crippen molar-refractivity contribution in [1.29, 1.82) is 0 Å². The average molecular weight is 364 g/mol. The summed E-state index contributed by atoms with van der Waals surface area (Å²) >= 11 is 5.91. The maximum Gasteiger partial charge on any atom is 0.251 e. The molecule has 3 atom stereocenters. The van der Waals surface area contributed by atoms with Crippen molar-refractivity contribution in [2.45, 2.75) is 44.8 Å². The predicted octanol–water partition coefficient (Wildman–Crippen LogP) is 1.58. The number of amides is 3. The number of rotatable bonds is 4. The van der Waals surface area contributed by atoms with Gasteiger partial charge in [0.1, 0.15) is 12.1 Å². The van der Waals surface area contributed by atoms with Crippen LogP contribution < -0.4 is 10.6 Å². The average Bonchev–Trinajstić information content (AvgIpc) is 2.96. The van der Waals surface area contributed by atoms with Crippen LogP contribution in [0.1, 0.15) is 37.0 Å². The third-order valence-electron chi connectivity index (χ3n) is 4.63. The number of halogens is 1. The third-order valence-corrected chi connectivity index (χ3v) is 4.87. The Balaban J connectivity index is 1.67. The molecule has 6 nitrogen and oxygen atoms in total. The molecule has 0 unspecified atom stereocenters. The van der Waals surface area contributed by atoms with E-state index in [4.69, 9.17) is 11.6 Å². The lowest BCUT2D eigenvalue weighted by molar-refractivity contribution is -0.147. The Morgan fingerprint density at radius 3 is 2.84 bits per heavy atom. The molecule has 0 saturated carbocycles. The normalized spacial score (nSPS) is 25.8. The van der Waals surface area contributed by atoms with E-state index in [9.17, 15) is 14.4 Å². The molecule has 3 rings (SSSR count). The molecule has 7 heteroatoms. The highest BCUT2D eigenvalue weighted by Crippen LogP contribution is 2.25. The quantitative estimate of drug-likeness (QED) is 0.852. The second-order valence-electron chi connectivity index (χ2n) is 7.11. The Morgan fingerprint density at radius 2 is 2.16 bits per heavy atom. The number of nitrogens with zero attached hydrogens (tertiary/aromatic N) is 1. The molecule has 25 heavy (non-hydrogen) atoms. The SMILES string of the molecule is CC(C)C[C@H]1NC(=O)[C@@H]2C[C@H](NC(=O)c3cccc(Cl)c3)CN2C1=O. The molecule has 0 radical (unpaired) electrons. The van der Waals surface area contributed by atoms with E-state index in [-0.39, 0.29) is 23.8 Å². The molecule has 3 amide bonds. The van der Waals surface area contributed by atoms with E-state index in [1.54, 1.807) is 29.2 Å². The summed E-state index contributed by atoms with van der Waals surface area (Å²) in [4.78, 5) is 38.9. The van der Waals surface area contributed by atoms with Crippen molar-refractivity contribution in [3.8, 4) is 0 Å². The fraction of sp³-hybridized carbons (Fsp3) is 0.500. The third kappa shape index (κ3) is 3.79. The van der Waals surface area contributed by atoms with Gasteiger partial charge in [-0.15, -0.1) is 0 Å². The highest BCUT2D eigenvalue weighted by Gasteiger charge is 2.46.